The van der Waals surface area contributed by atoms with Gasteiger partial charge in [-0.05, 0) is 166 Å². The zero-order chi connectivity index (χ0) is 70.5. The summed E-state index contributed by atoms with van der Waals surface area (Å²) < 4.78 is 7.68. The molecule has 22 rings (SSSR count). The summed E-state index contributed by atoms with van der Waals surface area (Å²) in [5.74, 6) is 0. The summed E-state index contributed by atoms with van der Waals surface area (Å²) in [5, 5.41) is 7.58. The molecular formula is C98H64N4S4. The van der Waals surface area contributed by atoms with Gasteiger partial charge in [-0.3, -0.25) is 9.97 Å². The number of benzene rings is 14. The number of nitrogens with zero attached hydrogens (tertiary/aromatic N) is 4. The Morgan fingerprint density at radius 1 is 0.245 bits per heavy atom. The van der Waals surface area contributed by atoms with Crippen LogP contribution in [0.3, 0.4) is 0 Å². The Kier molecular flexibility index (Phi) is 14.4. The fourth-order valence-corrected chi connectivity index (χ4v) is 21.9. The average molecular weight is 1430 g/mol. The normalized spacial score (nSPS) is 13.2. The van der Waals surface area contributed by atoms with Crippen molar-refractivity contribution in [2.45, 2.75) is 38.5 Å². The van der Waals surface area contributed by atoms with Crippen LogP contribution in [0.5, 0.6) is 0 Å². The first-order valence-electron chi connectivity index (χ1n) is 36.1. The molecule has 0 saturated carbocycles. The van der Waals surface area contributed by atoms with Gasteiger partial charge in [-0.15, -0.1) is 45.3 Å². The quantitative estimate of drug-likeness (QED) is 0.152. The molecular weight excluding hydrogens is 1360 g/mol. The molecule has 0 atom stereocenters. The van der Waals surface area contributed by atoms with Crippen molar-refractivity contribution in [3.05, 3.63) is 338 Å². The van der Waals surface area contributed by atoms with Crippen molar-refractivity contribution in [2.24, 2.45) is 0 Å². The lowest BCUT2D eigenvalue weighted by Crippen LogP contribution is -2.16. The molecule has 6 heterocycles. The van der Waals surface area contributed by atoms with Gasteiger partial charge in [0, 0.05) is 82.5 Å². The minimum atomic E-state index is -0.0838. The summed E-state index contributed by atoms with van der Waals surface area (Å²) in [6.07, 6.45) is 3.90. The van der Waals surface area contributed by atoms with E-state index in [1.54, 1.807) is 22.7 Å². The van der Waals surface area contributed by atoms with Crippen molar-refractivity contribution in [3.63, 3.8) is 0 Å². The third-order valence-electron chi connectivity index (χ3n) is 22.3. The van der Waals surface area contributed by atoms with Crippen molar-refractivity contribution in [1.29, 1.82) is 0 Å². The maximum Gasteiger partial charge on any atom is 0.143 e. The van der Waals surface area contributed by atoms with E-state index in [1.165, 1.54) is 166 Å². The van der Waals surface area contributed by atoms with Crippen LogP contribution in [-0.4, -0.2) is 19.9 Å². The van der Waals surface area contributed by atoms with Crippen molar-refractivity contribution in [2.75, 3.05) is 0 Å². The fourth-order valence-electron chi connectivity index (χ4n) is 17.4. The van der Waals surface area contributed by atoms with Gasteiger partial charge in [0.2, 0.25) is 0 Å². The molecule has 0 aliphatic heterocycles. The van der Waals surface area contributed by atoms with Crippen molar-refractivity contribution in [1.82, 2.24) is 19.9 Å². The van der Waals surface area contributed by atoms with Gasteiger partial charge in [-0.25, -0.2) is 9.97 Å². The van der Waals surface area contributed by atoms with Crippen LogP contribution in [0.15, 0.2) is 316 Å². The van der Waals surface area contributed by atoms with Crippen LogP contribution in [0, 0.1) is 0 Å². The Morgan fingerprint density at radius 2 is 0.604 bits per heavy atom. The van der Waals surface area contributed by atoms with Gasteiger partial charge >= 0.3 is 0 Å². The molecule has 0 saturated heterocycles. The smallest absolute Gasteiger partial charge is 0.143 e. The summed E-state index contributed by atoms with van der Waals surface area (Å²) in [5.41, 5.74) is 31.4. The predicted octanol–water partition coefficient (Wildman–Crippen LogP) is 28.4. The van der Waals surface area contributed by atoms with Gasteiger partial charge in [0.25, 0.3) is 0 Å². The average Bonchev–Trinajstić information content (AvgIpc) is 1.54. The predicted molar refractivity (Wildman–Crippen MR) is 454 cm³/mol. The Labute approximate surface area is 629 Å². The Bertz CT molecular complexity index is 7060. The monoisotopic (exact) mass is 1420 g/mol. The lowest BCUT2D eigenvalue weighted by Gasteiger charge is -2.24. The lowest BCUT2D eigenvalue weighted by atomic mass is 9.78. The van der Waals surface area contributed by atoms with Gasteiger partial charge in [0.05, 0.1) is 23.8 Å². The third kappa shape index (κ3) is 9.96. The highest BCUT2D eigenvalue weighted by Gasteiger charge is 2.39. The van der Waals surface area contributed by atoms with Gasteiger partial charge < -0.3 is 0 Å². The molecule has 0 fully saturated rings. The lowest BCUT2D eigenvalue weighted by molar-refractivity contribution is 0.662. The maximum absolute atomic E-state index is 5.23. The van der Waals surface area contributed by atoms with E-state index in [0.29, 0.717) is 0 Å². The Balaban J connectivity index is 0.000000137. The van der Waals surface area contributed by atoms with E-state index in [9.17, 15) is 0 Å². The van der Waals surface area contributed by atoms with Crippen LogP contribution < -0.4 is 0 Å². The second-order valence-electron chi connectivity index (χ2n) is 29.1. The molecule has 2 aliphatic carbocycles. The number of aromatic nitrogens is 4. The van der Waals surface area contributed by atoms with Gasteiger partial charge in [0.15, 0.2) is 0 Å². The van der Waals surface area contributed by atoms with Gasteiger partial charge in [-0.1, -0.05) is 276 Å². The molecule has 20 aromatic rings. The molecule has 2 aliphatic rings. The maximum atomic E-state index is 5.23. The number of hydrogen-bond acceptors (Lipinski definition) is 8. The second-order valence-corrected chi connectivity index (χ2v) is 33.3. The van der Waals surface area contributed by atoms with Crippen LogP contribution in [0.4, 0.5) is 0 Å². The van der Waals surface area contributed by atoms with Crippen LogP contribution in [0.2, 0.25) is 0 Å². The third-order valence-corrected chi connectivity index (χ3v) is 26.8. The summed E-state index contributed by atoms with van der Waals surface area (Å²) in [4.78, 5) is 22.6. The Morgan fingerprint density at radius 3 is 1.18 bits per heavy atom. The Hall–Kier alpha value is -11.9. The summed E-state index contributed by atoms with van der Waals surface area (Å²) in [6, 6.07) is 111. The van der Waals surface area contributed by atoms with E-state index < -0.39 is 0 Å². The van der Waals surface area contributed by atoms with Crippen molar-refractivity contribution in [3.8, 4) is 112 Å². The summed E-state index contributed by atoms with van der Waals surface area (Å²) in [6.45, 7) is 9.42. The largest absolute Gasteiger partial charge is 0.251 e. The van der Waals surface area contributed by atoms with Gasteiger partial charge in [-0.2, -0.15) is 0 Å². The SMILES string of the molecule is CC1(C)c2ccccc2-c2cccc(-c3cccc(-c4ccc5sc6nc(-c7cccc(-c8cccc9c8C(C)(C)c8ccccc8-9)c7)cnc6c5c4)c3)c21.c1cc(-c2cnc3c(n2)sc2cccc(-c4cccc(-c5cccc6c5sc5ccccc56)c4)c23)cc(-c2cccc3c2sc2ccccc23)c1. The number of hydrogen-bond donors (Lipinski definition) is 0. The summed E-state index contributed by atoms with van der Waals surface area (Å²) >= 11 is 7.17. The first-order valence-corrected chi connectivity index (χ1v) is 39.4. The minimum Gasteiger partial charge on any atom is -0.251 e. The highest BCUT2D eigenvalue weighted by atomic mass is 32.1. The zero-order valence-corrected chi connectivity index (χ0v) is 61.7. The molecule has 0 bridgehead atoms. The highest BCUT2D eigenvalue weighted by Crippen LogP contribution is 2.55. The molecule has 106 heavy (non-hydrogen) atoms. The van der Waals surface area contributed by atoms with Crippen molar-refractivity contribution >= 4 is 127 Å². The standard InChI is InChI=1S/C52H38N2S.C46H26N2S3/c1-51(2)43-23-7-5-17-38(43)40-21-11-19-36(47(40)51)33-14-9-13-31(27-33)32-25-26-46-42(29-32)49-50(55-46)54-45(30-53-49)35-16-10-15-34(28-35)37-20-12-22-41-39-18-6-8-24-44(39)52(3,4)48(37)41;1-3-21-39-34(14-1)36-19-7-17-32(44(36)49-39)28-11-5-10-27(24-28)31-16-9-23-41-42(31)43-46(51-41)48-38(26-47-43)30-13-6-12-29(25-30)33-18-8-20-37-35-15-2-4-22-40(35)50-45(33)37/h5-30H,1-4H3;1-26H. The van der Waals surface area contributed by atoms with E-state index in [1.807, 2.05) is 35.1 Å². The van der Waals surface area contributed by atoms with Crippen LogP contribution >= 0.6 is 45.3 Å². The molecule has 0 N–H and O–H groups in total. The van der Waals surface area contributed by atoms with Crippen LogP contribution in [0.25, 0.3) is 193 Å². The number of rotatable bonds is 8. The van der Waals surface area contributed by atoms with E-state index >= 15 is 0 Å². The fraction of sp³-hybridized carbons (Fsp3) is 0.0612. The van der Waals surface area contributed by atoms with Crippen LogP contribution in [-0.2, 0) is 10.8 Å². The molecule has 4 nitrogen and oxygen atoms in total. The zero-order valence-electron chi connectivity index (χ0n) is 58.4. The minimum absolute atomic E-state index is 0.0725. The molecule has 0 radical (unpaired) electrons. The molecule has 0 spiro atoms. The molecule has 14 aromatic carbocycles. The molecule has 6 aromatic heterocycles. The topological polar surface area (TPSA) is 51.6 Å². The molecule has 500 valence electrons. The van der Waals surface area contributed by atoms with Gasteiger partial charge in [0.1, 0.15) is 20.7 Å². The molecule has 0 amide bonds. The summed E-state index contributed by atoms with van der Waals surface area (Å²) in [7, 11) is 0. The van der Waals surface area contributed by atoms with E-state index in [0.717, 1.165) is 48.6 Å². The number of fused-ring (bicyclic) bond motifs is 18. The number of thiophene rings is 4. The van der Waals surface area contributed by atoms with E-state index in [-0.39, 0.29) is 10.8 Å². The first kappa shape index (κ1) is 62.7. The van der Waals surface area contributed by atoms with Crippen LogP contribution in [0.1, 0.15) is 49.9 Å². The highest BCUT2D eigenvalue weighted by molar-refractivity contribution is 7.27. The second kappa shape index (κ2) is 24.4. The molecule has 0 unspecified atom stereocenters. The van der Waals surface area contributed by atoms with E-state index in [4.69, 9.17) is 19.9 Å². The molecule has 8 heteroatoms. The first-order chi connectivity index (χ1) is 52.0. The van der Waals surface area contributed by atoms with E-state index in [2.05, 4.69) is 331 Å². The van der Waals surface area contributed by atoms with Crippen molar-refractivity contribution < 1.29 is 0 Å².